The molecule has 0 aliphatic rings. The maximum Gasteiger partial charge on any atom is 0.160 e. The average molecular weight is 272 g/mol. The second-order valence-electron chi connectivity index (χ2n) is 3.79. The van der Waals surface area contributed by atoms with Gasteiger partial charge < -0.3 is 4.57 Å². The van der Waals surface area contributed by atoms with E-state index in [0.29, 0.717) is 11.6 Å². The second-order valence-corrected chi connectivity index (χ2v) is 5.61. The summed E-state index contributed by atoms with van der Waals surface area (Å²) < 4.78 is 13.0. The minimum atomic E-state index is -0.756. The first kappa shape index (κ1) is 12.5. The van der Waals surface area contributed by atoms with Crippen LogP contribution in [0.3, 0.4) is 0 Å². The van der Waals surface area contributed by atoms with E-state index in [4.69, 9.17) is 11.6 Å². The third kappa shape index (κ3) is 2.84. The van der Waals surface area contributed by atoms with Crippen molar-refractivity contribution in [2.24, 2.45) is 0 Å². The van der Waals surface area contributed by atoms with Gasteiger partial charge in [-0.1, -0.05) is 0 Å². The van der Waals surface area contributed by atoms with E-state index < -0.39 is 10.8 Å². The van der Waals surface area contributed by atoms with E-state index in [9.17, 15) is 4.21 Å². The standard InChI is InChI=1S/C11H14ClN3OS/c1-17(16)7-3-6-15-10(8-12)14-9-4-2-5-13-11(9)15/h2,4-5H,3,6-8H2,1H3. The molecule has 6 heteroatoms. The zero-order valence-electron chi connectivity index (χ0n) is 9.60. The second kappa shape index (κ2) is 5.60. The molecule has 2 heterocycles. The number of rotatable bonds is 5. The number of pyridine rings is 1. The molecule has 2 aromatic rings. The number of imidazole rings is 1. The summed E-state index contributed by atoms with van der Waals surface area (Å²) in [4.78, 5) is 8.74. The fraction of sp³-hybridized carbons (Fsp3) is 0.455. The number of alkyl halides is 1. The topological polar surface area (TPSA) is 47.8 Å². The molecule has 2 rings (SSSR count). The fourth-order valence-corrected chi connectivity index (χ4v) is 2.51. The molecule has 2 aromatic heterocycles. The number of hydrogen-bond donors (Lipinski definition) is 0. The van der Waals surface area contributed by atoms with Crippen LogP contribution in [-0.2, 0) is 23.2 Å². The van der Waals surface area contributed by atoms with Gasteiger partial charge in [-0.3, -0.25) is 4.21 Å². The highest BCUT2D eigenvalue weighted by atomic mass is 35.5. The van der Waals surface area contributed by atoms with E-state index in [1.807, 2.05) is 16.7 Å². The normalized spacial score (nSPS) is 13.1. The number of aromatic nitrogens is 3. The van der Waals surface area contributed by atoms with Crippen LogP contribution in [0.15, 0.2) is 18.3 Å². The molecule has 0 spiro atoms. The van der Waals surface area contributed by atoms with Gasteiger partial charge in [0.05, 0.1) is 5.88 Å². The third-order valence-corrected chi connectivity index (χ3v) is 3.62. The summed E-state index contributed by atoms with van der Waals surface area (Å²) in [7, 11) is -0.756. The number of hydrogen-bond acceptors (Lipinski definition) is 3. The fourth-order valence-electron chi connectivity index (χ4n) is 1.77. The molecule has 1 atom stereocenters. The van der Waals surface area contributed by atoms with Crippen molar-refractivity contribution in [1.82, 2.24) is 14.5 Å². The Kier molecular flexibility index (Phi) is 4.12. The first-order valence-corrected chi connectivity index (χ1v) is 7.64. The molecular formula is C11H14ClN3OS. The zero-order chi connectivity index (χ0) is 12.3. The van der Waals surface area contributed by atoms with Gasteiger partial charge in [0.15, 0.2) is 5.65 Å². The molecule has 0 aliphatic heterocycles. The Hall–Kier alpha value is -0.940. The van der Waals surface area contributed by atoms with E-state index in [1.54, 1.807) is 12.5 Å². The molecule has 0 bridgehead atoms. The molecule has 0 saturated heterocycles. The van der Waals surface area contributed by atoms with Crippen LogP contribution >= 0.6 is 11.6 Å². The van der Waals surface area contributed by atoms with Gasteiger partial charge in [-0.15, -0.1) is 11.6 Å². The van der Waals surface area contributed by atoms with Crippen molar-refractivity contribution in [3.63, 3.8) is 0 Å². The molecule has 0 aliphatic carbocycles. The summed E-state index contributed by atoms with van der Waals surface area (Å²) >= 11 is 5.87. The zero-order valence-corrected chi connectivity index (χ0v) is 11.2. The Morgan fingerprint density at radius 2 is 2.35 bits per heavy atom. The predicted octanol–water partition coefficient (Wildman–Crippen LogP) is 1.94. The van der Waals surface area contributed by atoms with E-state index in [2.05, 4.69) is 9.97 Å². The number of fused-ring (bicyclic) bond motifs is 1. The van der Waals surface area contributed by atoms with Crippen molar-refractivity contribution in [3.8, 4) is 0 Å². The summed E-state index contributed by atoms with van der Waals surface area (Å²) in [5.74, 6) is 1.88. The number of aryl methyl sites for hydroxylation is 1. The first-order valence-electron chi connectivity index (χ1n) is 5.38. The van der Waals surface area contributed by atoms with Crippen LogP contribution in [-0.4, -0.2) is 30.8 Å². The molecule has 0 saturated carbocycles. The quantitative estimate of drug-likeness (QED) is 0.781. The van der Waals surface area contributed by atoms with Gasteiger partial charge in [-0.25, -0.2) is 9.97 Å². The average Bonchev–Trinajstić information content (AvgIpc) is 2.67. The van der Waals surface area contributed by atoms with E-state index >= 15 is 0 Å². The van der Waals surface area contributed by atoms with Gasteiger partial charge in [-0.2, -0.15) is 0 Å². The Bertz CT molecular complexity index is 540. The van der Waals surface area contributed by atoms with Crippen molar-refractivity contribution in [2.75, 3.05) is 12.0 Å². The maximum atomic E-state index is 11.0. The smallest absolute Gasteiger partial charge is 0.160 e. The lowest BCUT2D eigenvalue weighted by Gasteiger charge is -2.05. The lowest BCUT2D eigenvalue weighted by Crippen LogP contribution is -2.06. The molecule has 17 heavy (non-hydrogen) atoms. The highest BCUT2D eigenvalue weighted by molar-refractivity contribution is 7.84. The minimum absolute atomic E-state index is 0.367. The van der Waals surface area contributed by atoms with Gasteiger partial charge in [-0.05, 0) is 18.6 Å². The molecule has 1 unspecified atom stereocenters. The molecule has 0 N–H and O–H groups in total. The van der Waals surface area contributed by atoms with E-state index in [0.717, 1.165) is 30.0 Å². The molecular weight excluding hydrogens is 258 g/mol. The summed E-state index contributed by atoms with van der Waals surface area (Å²) in [5.41, 5.74) is 1.71. The summed E-state index contributed by atoms with van der Waals surface area (Å²) in [6.07, 6.45) is 4.30. The van der Waals surface area contributed by atoms with Gasteiger partial charge in [0, 0.05) is 35.5 Å². The Labute approximate surface area is 107 Å². The lowest BCUT2D eigenvalue weighted by molar-refractivity contribution is 0.654. The molecule has 0 aromatic carbocycles. The van der Waals surface area contributed by atoms with Gasteiger partial charge >= 0.3 is 0 Å². The third-order valence-electron chi connectivity index (χ3n) is 2.52. The van der Waals surface area contributed by atoms with Crippen molar-refractivity contribution < 1.29 is 4.21 Å². The van der Waals surface area contributed by atoms with E-state index in [-0.39, 0.29) is 0 Å². The van der Waals surface area contributed by atoms with Crippen molar-refractivity contribution in [2.45, 2.75) is 18.8 Å². The lowest BCUT2D eigenvalue weighted by atomic mass is 10.4. The van der Waals surface area contributed by atoms with Gasteiger partial charge in [0.2, 0.25) is 0 Å². The number of halogens is 1. The van der Waals surface area contributed by atoms with Crippen LogP contribution < -0.4 is 0 Å². The Balaban J connectivity index is 2.27. The molecule has 0 fully saturated rings. The summed E-state index contributed by atoms with van der Waals surface area (Å²) in [5, 5.41) is 0. The monoisotopic (exact) mass is 271 g/mol. The molecule has 0 amide bonds. The van der Waals surface area contributed by atoms with Gasteiger partial charge in [0.25, 0.3) is 0 Å². The minimum Gasteiger partial charge on any atom is -0.312 e. The Morgan fingerprint density at radius 1 is 1.53 bits per heavy atom. The van der Waals surface area contributed by atoms with Crippen molar-refractivity contribution in [1.29, 1.82) is 0 Å². The van der Waals surface area contributed by atoms with Crippen molar-refractivity contribution >= 4 is 33.6 Å². The molecule has 4 nitrogen and oxygen atoms in total. The van der Waals surface area contributed by atoms with Crippen LogP contribution in [0.1, 0.15) is 12.2 Å². The maximum absolute atomic E-state index is 11.0. The summed E-state index contributed by atoms with van der Waals surface area (Å²) in [6.45, 7) is 0.759. The highest BCUT2D eigenvalue weighted by Crippen LogP contribution is 2.15. The van der Waals surface area contributed by atoms with Crippen LogP contribution in [0.2, 0.25) is 0 Å². The molecule has 92 valence electrons. The van der Waals surface area contributed by atoms with Gasteiger partial charge in [0.1, 0.15) is 11.3 Å². The van der Waals surface area contributed by atoms with Crippen molar-refractivity contribution in [3.05, 3.63) is 24.2 Å². The van der Waals surface area contributed by atoms with Crippen LogP contribution in [0.25, 0.3) is 11.2 Å². The first-order chi connectivity index (χ1) is 8.22. The summed E-state index contributed by atoms with van der Waals surface area (Å²) in [6, 6.07) is 3.78. The SMILES string of the molecule is CS(=O)CCCn1c(CCl)nc2cccnc21. The predicted molar refractivity (Wildman–Crippen MR) is 70.6 cm³/mol. The van der Waals surface area contributed by atoms with Crippen LogP contribution in [0.5, 0.6) is 0 Å². The van der Waals surface area contributed by atoms with Crippen LogP contribution in [0.4, 0.5) is 0 Å². The van der Waals surface area contributed by atoms with E-state index in [1.165, 1.54) is 0 Å². The highest BCUT2D eigenvalue weighted by Gasteiger charge is 2.10. The molecule has 0 radical (unpaired) electrons. The largest absolute Gasteiger partial charge is 0.312 e. The van der Waals surface area contributed by atoms with Crippen LogP contribution in [0, 0.1) is 0 Å². The number of nitrogens with zero attached hydrogens (tertiary/aromatic N) is 3. The Morgan fingerprint density at radius 3 is 3.06 bits per heavy atom.